The number of nitrogens with one attached hydrogen (secondary N) is 1. The van der Waals surface area contributed by atoms with Gasteiger partial charge in [-0.15, -0.1) is 0 Å². The van der Waals surface area contributed by atoms with Gasteiger partial charge in [0.25, 0.3) is 0 Å². The Hall–Kier alpha value is -0.620. The second-order valence-corrected chi connectivity index (χ2v) is 4.50. The first kappa shape index (κ1) is 12.4. The van der Waals surface area contributed by atoms with E-state index in [4.69, 9.17) is 0 Å². The van der Waals surface area contributed by atoms with Gasteiger partial charge in [0.15, 0.2) is 0 Å². The third-order valence-electron chi connectivity index (χ3n) is 2.28. The molecule has 0 aromatic rings. The highest BCUT2D eigenvalue weighted by Crippen LogP contribution is 2.06. The Morgan fingerprint density at radius 2 is 2.40 bits per heavy atom. The molecule has 1 aliphatic heterocycles. The molecule has 86 valence electrons. The van der Waals surface area contributed by atoms with E-state index in [1.54, 1.807) is 0 Å². The van der Waals surface area contributed by atoms with Crippen LogP contribution in [0.15, 0.2) is 0 Å². The summed E-state index contributed by atoms with van der Waals surface area (Å²) in [7, 11) is 1.37. The van der Waals surface area contributed by atoms with Crippen LogP contribution in [-0.4, -0.2) is 54.9 Å². The zero-order valence-corrected chi connectivity index (χ0v) is 10.2. The first-order valence-corrected chi connectivity index (χ1v) is 5.76. The maximum atomic E-state index is 11.2. The minimum Gasteiger partial charge on any atom is -0.468 e. The molecule has 0 spiro atoms. The zero-order chi connectivity index (χ0) is 11.3. The maximum absolute atomic E-state index is 11.2. The normalized spacial score (nSPS) is 20.3. The van der Waals surface area contributed by atoms with Gasteiger partial charge in [-0.05, 0) is 0 Å². The third-order valence-corrected chi connectivity index (χ3v) is 2.94. The van der Waals surface area contributed by atoms with Crippen LogP contribution in [0.3, 0.4) is 0 Å². The number of halogens is 1. The van der Waals surface area contributed by atoms with Crippen LogP contribution in [0.5, 0.6) is 0 Å². The van der Waals surface area contributed by atoms with Gasteiger partial charge in [0.05, 0.1) is 7.11 Å². The maximum Gasteiger partial charge on any atom is 0.320 e. The van der Waals surface area contributed by atoms with Crippen LogP contribution in [0.25, 0.3) is 0 Å². The number of hydrogen-bond acceptors (Lipinski definition) is 4. The second-order valence-electron chi connectivity index (χ2n) is 3.39. The Morgan fingerprint density at radius 1 is 1.67 bits per heavy atom. The summed E-state index contributed by atoms with van der Waals surface area (Å²) in [6, 6.07) is 0. The van der Waals surface area contributed by atoms with E-state index >= 15 is 0 Å². The van der Waals surface area contributed by atoms with Gasteiger partial charge < -0.3 is 10.1 Å². The molecule has 1 aliphatic rings. The van der Waals surface area contributed by atoms with Crippen molar-refractivity contribution in [2.45, 2.75) is 11.2 Å². The van der Waals surface area contributed by atoms with Crippen molar-refractivity contribution < 1.29 is 14.3 Å². The molecule has 1 saturated heterocycles. The SMILES string of the molecule is COC(=O)C(Br)CN1CCNC(=O)CC1. The number of carbonyl (C=O) groups excluding carboxylic acids is 2. The predicted molar refractivity (Wildman–Crippen MR) is 58.8 cm³/mol. The van der Waals surface area contributed by atoms with Gasteiger partial charge in [0.2, 0.25) is 5.91 Å². The van der Waals surface area contributed by atoms with Crippen LogP contribution in [0, 0.1) is 0 Å². The summed E-state index contributed by atoms with van der Waals surface area (Å²) >= 11 is 3.26. The molecule has 1 unspecified atom stereocenters. The van der Waals surface area contributed by atoms with Gasteiger partial charge in [-0.25, -0.2) is 0 Å². The van der Waals surface area contributed by atoms with Crippen molar-refractivity contribution in [1.82, 2.24) is 10.2 Å². The van der Waals surface area contributed by atoms with Crippen molar-refractivity contribution in [2.24, 2.45) is 0 Å². The Labute approximate surface area is 97.3 Å². The highest BCUT2D eigenvalue weighted by atomic mass is 79.9. The van der Waals surface area contributed by atoms with E-state index in [0.717, 1.165) is 6.54 Å². The fourth-order valence-corrected chi connectivity index (χ4v) is 2.02. The molecule has 6 heteroatoms. The van der Waals surface area contributed by atoms with E-state index in [2.05, 4.69) is 30.9 Å². The molecule has 0 bridgehead atoms. The van der Waals surface area contributed by atoms with Crippen LogP contribution in [0.4, 0.5) is 0 Å². The topological polar surface area (TPSA) is 58.6 Å². The molecule has 0 aromatic carbocycles. The Kier molecular flexibility index (Phi) is 5.04. The fourth-order valence-electron chi connectivity index (χ4n) is 1.42. The smallest absolute Gasteiger partial charge is 0.320 e. The largest absolute Gasteiger partial charge is 0.468 e. The average molecular weight is 279 g/mol. The van der Waals surface area contributed by atoms with Gasteiger partial charge in [0, 0.05) is 32.6 Å². The van der Waals surface area contributed by atoms with Crippen LogP contribution in [-0.2, 0) is 14.3 Å². The summed E-state index contributed by atoms with van der Waals surface area (Å²) in [6.45, 7) is 2.66. The van der Waals surface area contributed by atoms with E-state index in [1.165, 1.54) is 7.11 Å². The van der Waals surface area contributed by atoms with E-state index in [0.29, 0.717) is 26.1 Å². The lowest BCUT2D eigenvalue weighted by Crippen LogP contribution is -2.36. The number of amides is 1. The number of hydrogen-bond donors (Lipinski definition) is 1. The van der Waals surface area contributed by atoms with Gasteiger partial charge in [-0.2, -0.15) is 0 Å². The standard InChI is InChI=1S/C9H15BrN2O3/c1-15-9(14)7(10)6-12-4-2-8(13)11-3-5-12/h7H,2-6H2,1H3,(H,11,13). The van der Waals surface area contributed by atoms with Crippen molar-refractivity contribution >= 4 is 27.8 Å². The number of alkyl halides is 1. The molecule has 0 radical (unpaired) electrons. The first-order valence-electron chi connectivity index (χ1n) is 4.84. The van der Waals surface area contributed by atoms with E-state index < -0.39 is 0 Å². The van der Waals surface area contributed by atoms with Gasteiger partial charge in [-0.1, -0.05) is 15.9 Å². The van der Waals surface area contributed by atoms with Gasteiger partial charge >= 0.3 is 5.97 Å². The molecule has 1 atom stereocenters. The summed E-state index contributed by atoms with van der Waals surface area (Å²) in [4.78, 5) is 24.0. The summed E-state index contributed by atoms with van der Waals surface area (Å²) in [6.07, 6.45) is 0.487. The molecule has 1 amide bonds. The Morgan fingerprint density at radius 3 is 3.07 bits per heavy atom. The zero-order valence-electron chi connectivity index (χ0n) is 8.66. The number of rotatable bonds is 3. The minimum absolute atomic E-state index is 0.0710. The van der Waals surface area contributed by atoms with Crippen molar-refractivity contribution in [1.29, 1.82) is 0 Å². The Balaban J connectivity index is 2.37. The summed E-state index contributed by atoms with van der Waals surface area (Å²) < 4.78 is 4.61. The quantitative estimate of drug-likeness (QED) is 0.571. The molecule has 0 aromatic heterocycles. The molecule has 15 heavy (non-hydrogen) atoms. The Bertz CT molecular complexity index is 248. The number of nitrogens with zero attached hydrogens (tertiary/aromatic N) is 1. The van der Waals surface area contributed by atoms with Crippen LogP contribution in [0.2, 0.25) is 0 Å². The average Bonchev–Trinajstić information content (AvgIpc) is 2.42. The van der Waals surface area contributed by atoms with Crippen molar-refractivity contribution in [3.05, 3.63) is 0 Å². The monoisotopic (exact) mass is 278 g/mol. The molecule has 1 heterocycles. The highest BCUT2D eigenvalue weighted by molar-refractivity contribution is 9.10. The minimum atomic E-state index is -0.323. The molecular formula is C9H15BrN2O3. The van der Waals surface area contributed by atoms with E-state index in [1.807, 2.05) is 0 Å². The highest BCUT2D eigenvalue weighted by Gasteiger charge is 2.21. The summed E-state index contributed by atoms with van der Waals surface area (Å²) in [5.74, 6) is -0.208. The lowest BCUT2D eigenvalue weighted by Gasteiger charge is -2.20. The van der Waals surface area contributed by atoms with Crippen molar-refractivity contribution in [2.75, 3.05) is 33.3 Å². The lowest BCUT2D eigenvalue weighted by atomic mass is 10.3. The first-order chi connectivity index (χ1) is 7.13. The number of carbonyl (C=O) groups is 2. The molecule has 0 aliphatic carbocycles. The summed E-state index contributed by atoms with van der Waals surface area (Å²) in [5, 5.41) is 2.78. The molecule has 1 fully saturated rings. The van der Waals surface area contributed by atoms with E-state index in [9.17, 15) is 9.59 Å². The lowest BCUT2D eigenvalue weighted by molar-refractivity contribution is -0.140. The number of methoxy groups -OCH3 is 1. The molecular weight excluding hydrogens is 264 g/mol. The molecule has 1 rings (SSSR count). The third kappa shape index (κ3) is 4.17. The van der Waals surface area contributed by atoms with Crippen LogP contribution in [0.1, 0.15) is 6.42 Å². The number of ether oxygens (including phenoxy) is 1. The molecule has 5 nitrogen and oxygen atoms in total. The molecule has 0 saturated carbocycles. The molecule has 1 N–H and O–H groups in total. The van der Waals surface area contributed by atoms with Crippen molar-refractivity contribution in [3.8, 4) is 0 Å². The second kappa shape index (κ2) is 6.07. The summed E-state index contributed by atoms with van der Waals surface area (Å²) in [5.41, 5.74) is 0. The predicted octanol–water partition coefficient (Wildman–Crippen LogP) is -0.255. The van der Waals surface area contributed by atoms with Crippen LogP contribution >= 0.6 is 15.9 Å². The number of esters is 1. The van der Waals surface area contributed by atoms with E-state index in [-0.39, 0.29) is 16.7 Å². The van der Waals surface area contributed by atoms with Crippen LogP contribution < -0.4 is 5.32 Å². The van der Waals surface area contributed by atoms with Gasteiger partial charge in [0.1, 0.15) is 4.83 Å². The fraction of sp³-hybridized carbons (Fsp3) is 0.778. The van der Waals surface area contributed by atoms with Crippen molar-refractivity contribution in [3.63, 3.8) is 0 Å². The van der Waals surface area contributed by atoms with Gasteiger partial charge in [-0.3, -0.25) is 14.5 Å².